The quantitative estimate of drug-likeness (QED) is 0.889. The number of hydrogen-bond donors (Lipinski definition) is 2. The Hall–Kier alpha value is -2.76. The lowest BCUT2D eigenvalue weighted by atomic mass is 10.2. The van der Waals surface area contributed by atoms with Crippen LogP contribution in [0.1, 0.15) is 10.4 Å². The van der Waals surface area contributed by atoms with Crippen LogP contribution in [0.4, 0.5) is 11.4 Å². The van der Waals surface area contributed by atoms with Gasteiger partial charge in [-0.05, 0) is 18.2 Å². The van der Waals surface area contributed by atoms with Gasteiger partial charge in [0.25, 0.3) is 5.91 Å². The van der Waals surface area contributed by atoms with Gasteiger partial charge in [0.05, 0.1) is 37.4 Å². The van der Waals surface area contributed by atoms with Crippen molar-refractivity contribution in [3.63, 3.8) is 0 Å². The van der Waals surface area contributed by atoms with E-state index in [9.17, 15) is 4.79 Å². The molecule has 0 saturated carbocycles. The zero-order valence-electron chi connectivity index (χ0n) is 11.2. The fourth-order valence-corrected chi connectivity index (χ4v) is 1.71. The van der Waals surface area contributed by atoms with Crippen molar-refractivity contribution in [2.24, 2.45) is 0 Å². The molecule has 0 aliphatic rings. The van der Waals surface area contributed by atoms with E-state index < -0.39 is 0 Å². The summed E-state index contributed by atoms with van der Waals surface area (Å²) in [7, 11) is 3.08. The maximum Gasteiger partial charge on any atom is 0.257 e. The van der Waals surface area contributed by atoms with Crippen molar-refractivity contribution in [3.8, 4) is 11.5 Å². The fraction of sp³-hybridized carbons (Fsp3) is 0.143. The molecule has 1 heterocycles. The molecule has 0 fully saturated rings. The number of nitrogens with zero attached hydrogens (tertiary/aromatic N) is 1. The molecule has 0 spiro atoms. The molecule has 0 unspecified atom stereocenters. The summed E-state index contributed by atoms with van der Waals surface area (Å²) in [5.41, 5.74) is 6.89. The van der Waals surface area contributed by atoms with Crippen molar-refractivity contribution >= 4 is 17.3 Å². The summed E-state index contributed by atoms with van der Waals surface area (Å²) in [5.74, 6) is 0.812. The Morgan fingerprint density at radius 2 is 2.05 bits per heavy atom. The van der Waals surface area contributed by atoms with Gasteiger partial charge >= 0.3 is 0 Å². The number of carbonyl (C=O) groups is 1. The van der Waals surface area contributed by atoms with Gasteiger partial charge in [-0.1, -0.05) is 0 Å². The van der Waals surface area contributed by atoms with Crippen LogP contribution >= 0.6 is 0 Å². The van der Waals surface area contributed by atoms with Crippen LogP contribution in [0.25, 0.3) is 0 Å². The second-order valence-electron chi connectivity index (χ2n) is 3.98. The Balaban J connectivity index is 2.29. The highest BCUT2D eigenvalue weighted by atomic mass is 16.5. The minimum absolute atomic E-state index is 0.312. The molecule has 104 valence electrons. The second kappa shape index (κ2) is 5.92. The molecule has 1 amide bonds. The van der Waals surface area contributed by atoms with Crippen LogP contribution < -0.4 is 20.5 Å². The number of ether oxygens (including phenoxy) is 2. The molecular formula is C14H15N3O3. The van der Waals surface area contributed by atoms with Gasteiger partial charge in [0.1, 0.15) is 11.5 Å². The minimum atomic E-state index is -0.337. The first-order chi connectivity index (χ1) is 9.65. The smallest absolute Gasteiger partial charge is 0.257 e. The van der Waals surface area contributed by atoms with Crippen LogP contribution in [0, 0.1) is 0 Å². The summed E-state index contributed by atoms with van der Waals surface area (Å²) < 4.78 is 10.3. The lowest BCUT2D eigenvalue weighted by Crippen LogP contribution is -2.14. The van der Waals surface area contributed by atoms with Crippen LogP contribution in [-0.4, -0.2) is 25.1 Å². The van der Waals surface area contributed by atoms with E-state index >= 15 is 0 Å². The molecule has 0 bridgehead atoms. The highest BCUT2D eigenvalue weighted by Gasteiger charge is 2.13. The molecule has 6 heteroatoms. The number of anilines is 2. The Morgan fingerprint density at radius 3 is 2.70 bits per heavy atom. The van der Waals surface area contributed by atoms with Gasteiger partial charge in [-0.3, -0.25) is 9.78 Å². The maximum atomic E-state index is 12.2. The summed E-state index contributed by atoms with van der Waals surface area (Å²) in [4.78, 5) is 16.0. The highest BCUT2D eigenvalue weighted by Crippen LogP contribution is 2.29. The molecule has 1 aromatic heterocycles. The molecule has 1 aromatic carbocycles. The Morgan fingerprint density at radius 1 is 1.25 bits per heavy atom. The molecule has 3 N–H and O–H groups in total. The highest BCUT2D eigenvalue weighted by molar-refractivity contribution is 6.08. The van der Waals surface area contributed by atoms with E-state index in [1.54, 1.807) is 31.4 Å². The molecular weight excluding hydrogens is 258 g/mol. The molecule has 0 atom stereocenters. The van der Waals surface area contributed by atoms with Gasteiger partial charge < -0.3 is 20.5 Å². The van der Waals surface area contributed by atoms with E-state index in [0.717, 1.165) is 0 Å². The monoisotopic (exact) mass is 273 g/mol. The molecule has 20 heavy (non-hydrogen) atoms. The number of pyridine rings is 1. The number of nitrogen functional groups attached to an aromatic ring is 1. The second-order valence-corrected chi connectivity index (χ2v) is 3.98. The molecule has 6 nitrogen and oxygen atoms in total. The maximum absolute atomic E-state index is 12.2. The summed E-state index contributed by atoms with van der Waals surface area (Å²) >= 11 is 0. The van der Waals surface area contributed by atoms with Gasteiger partial charge in [0.2, 0.25) is 0 Å². The van der Waals surface area contributed by atoms with Gasteiger partial charge in [-0.25, -0.2) is 0 Å². The number of nitrogens with one attached hydrogen (secondary N) is 1. The van der Waals surface area contributed by atoms with Crippen molar-refractivity contribution in [1.82, 2.24) is 4.98 Å². The van der Waals surface area contributed by atoms with E-state index in [2.05, 4.69) is 10.3 Å². The van der Waals surface area contributed by atoms with E-state index in [-0.39, 0.29) is 5.91 Å². The Bertz CT molecular complexity index is 629. The van der Waals surface area contributed by atoms with Crippen LogP contribution in [0.5, 0.6) is 11.5 Å². The number of methoxy groups -OCH3 is 2. The lowest BCUT2D eigenvalue weighted by molar-refractivity contribution is 0.102. The van der Waals surface area contributed by atoms with E-state index in [1.807, 2.05) is 0 Å². The topological polar surface area (TPSA) is 86.5 Å². The molecule has 0 saturated heterocycles. The van der Waals surface area contributed by atoms with Crippen LogP contribution in [0.3, 0.4) is 0 Å². The third kappa shape index (κ3) is 2.80. The van der Waals surface area contributed by atoms with Crippen molar-refractivity contribution in [2.75, 3.05) is 25.3 Å². The third-order valence-corrected chi connectivity index (χ3v) is 2.75. The Kier molecular flexibility index (Phi) is 4.05. The number of nitrogens with two attached hydrogens (primary N) is 1. The predicted octanol–water partition coefficient (Wildman–Crippen LogP) is 1.93. The van der Waals surface area contributed by atoms with Crippen LogP contribution in [0.2, 0.25) is 0 Å². The minimum Gasteiger partial charge on any atom is -0.497 e. The average molecular weight is 273 g/mol. The van der Waals surface area contributed by atoms with Crippen molar-refractivity contribution in [2.45, 2.75) is 0 Å². The lowest BCUT2D eigenvalue weighted by Gasteiger charge is -2.12. The first-order valence-electron chi connectivity index (χ1n) is 5.88. The van der Waals surface area contributed by atoms with Gasteiger partial charge in [-0.2, -0.15) is 0 Å². The largest absolute Gasteiger partial charge is 0.497 e. The first-order valence-corrected chi connectivity index (χ1v) is 5.88. The zero-order chi connectivity index (χ0) is 14.5. The number of aromatic nitrogens is 1. The van der Waals surface area contributed by atoms with E-state index in [0.29, 0.717) is 28.4 Å². The summed E-state index contributed by atoms with van der Waals surface area (Å²) in [6.45, 7) is 0. The van der Waals surface area contributed by atoms with Crippen molar-refractivity contribution < 1.29 is 14.3 Å². The Labute approximate surface area is 116 Å². The van der Waals surface area contributed by atoms with Gasteiger partial charge in [0.15, 0.2) is 0 Å². The number of hydrogen-bond acceptors (Lipinski definition) is 5. The fourth-order valence-electron chi connectivity index (χ4n) is 1.71. The summed E-state index contributed by atoms with van der Waals surface area (Å²) in [6, 6.07) is 6.69. The van der Waals surface area contributed by atoms with E-state index in [4.69, 9.17) is 15.2 Å². The number of carbonyl (C=O) groups excluding carboxylic acids is 1. The van der Waals surface area contributed by atoms with Gasteiger partial charge in [-0.15, -0.1) is 0 Å². The number of amides is 1. The predicted molar refractivity (Wildman–Crippen MR) is 76.1 cm³/mol. The molecule has 0 aliphatic carbocycles. The first kappa shape index (κ1) is 13.7. The SMILES string of the molecule is COc1ccc(OC)c(NC(=O)c2ccncc2N)c1. The van der Waals surface area contributed by atoms with Crippen LogP contribution in [0.15, 0.2) is 36.7 Å². The van der Waals surface area contributed by atoms with E-state index in [1.165, 1.54) is 19.5 Å². The van der Waals surface area contributed by atoms with Crippen molar-refractivity contribution in [3.05, 3.63) is 42.2 Å². The summed E-state index contributed by atoms with van der Waals surface area (Å²) in [6.07, 6.45) is 2.94. The molecule has 2 rings (SSSR count). The molecule has 2 aromatic rings. The normalized spacial score (nSPS) is 9.90. The number of benzene rings is 1. The third-order valence-electron chi connectivity index (χ3n) is 2.75. The summed E-state index contributed by atoms with van der Waals surface area (Å²) in [5, 5.41) is 2.74. The zero-order valence-corrected chi connectivity index (χ0v) is 11.2. The molecule has 0 aliphatic heterocycles. The van der Waals surface area contributed by atoms with Crippen LogP contribution in [-0.2, 0) is 0 Å². The molecule has 0 radical (unpaired) electrons. The van der Waals surface area contributed by atoms with Crippen molar-refractivity contribution in [1.29, 1.82) is 0 Å². The van der Waals surface area contributed by atoms with Gasteiger partial charge in [0, 0.05) is 12.3 Å². The average Bonchev–Trinajstić information content (AvgIpc) is 2.47. The standard InChI is InChI=1S/C14H15N3O3/c1-19-9-3-4-13(20-2)12(7-9)17-14(18)10-5-6-16-8-11(10)15/h3-8H,15H2,1-2H3,(H,17,18). The number of rotatable bonds is 4.